The van der Waals surface area contributed by atoms with Crippen LogP contribution in [0.5, 0.6) is 0 Å². The molecule has 0 aromatic heterocycles. The number of rotatable bonds is 6. The van der Waals surface area contributed by atoms with Gasteiger partial charge in [-0.15, -0.1) is 0 Å². The van der Waals surface area contributed by atoms with Crippen LogP contribution in [-0.2, 0) is 10.0 Å². The molecule has 0 heterocycles. The normalized spacial score (nSPS) is 12.8. The molecule has 1 aromatic carbocycles. The van der Waals surface area contributed by atoms with Gasteiger partial charge in [0.2, 0.25) is 10.0 Å². The van der Waals surface area contributed by atoms with Crippen LogP contribution in [0, 0.1) is 6.92 Å². The van der Waals surface area contributed by atoms with Gasteiger partial charge >= 0.3 is 0 Å². The summed E-state index contributed by atoms with van der Waals surface area (Å²) in [5.74, 6) is 0. The minimum absolute atomic E-state index is 0.340. The zero-order valence-corrected chi connectivity index (χ0v) is 12.5. The van der Waals surface area contributed by atoms with Crippen molar-refractivity contribution in [2.24, 2.45) is 0 Å². The van der Waals surface area contributed by atoms with Crippen LogP contribution in [0.4, 0.5) is 0 Å². The van der Waals surface area contributed by atoms with Gasteiger partial charge in [0, 0.05) is 13.1 Å². The fourth-order valence-corrected chi connectivity index (χ4v) is 2.92. The molecule has 0 atom stereocenters. The maximum absolute atomic E-state index is 12.5. The summed E-state index contributed by atoms with van der Waals surface area (Å²) in [6.07, 6.45) is 7.39. The highest BCUT2D eigenvalue weighted by molar-refractivity contribution is 7.89. The Hall–Kier alpha value is -1.39. The monoisotopic (exact) mass is 279 g/mol. The summed E-state index contributed by atoms with van der Waals surface area (Å²) in [7, 11) is -3.43. The zero-order valence-electron chi connectivity index (χ0n) is 11.7. The molecule has 0 amide bonds. The maximum Gasteiger partial charge on any atom is 0.243 e. The molecule has 0 saturated carbocycles. The molecule has 0 aliphatic heterocycles. The van der Waals surface area contributed by atoms with E-state index in [9.17, 15) is 8.42 Å². The molecule has 0 spiro atoms. The molecular weight excluding hydrogens is 258 g/mol. The van der Waals surface area contributed by atoms with Gasteiger partial charge in [0.1, 0.15) is 0 Å². The number of aryl methyl sites for hydroxylation is 1. The van der Waals surface area contributed by atoms with Crippen LogP contribution in [-0.4, -0.2) is 25.8 Å². The van der Waals surface area contributed by atoms with Crippen LogP contribution in [0.3, 0.4) is 0 Å². The van der Waals surface area contributed by atoms with E-state index in [0.29, 0.717) is 18.0 Å². The van der Waals surface area contributed by atoms with E-state index >= 15 is 0 Å². The van der Waals surface area contributed by atoms with Crippen molar-refractivity contribution in [1.82, 2.24) is 4.31 Å². The van der Waals surface area contributed by atoms with E-state index in [0.717, 1.165) is 5.56 Å². The second-order valence-electron chi connectivity index (χ2n) is 4.27. The average molecular weight is 279 g/mol. The second-order valence-corrected chi connectivity index (χ2v) is 6.21. The van der Waals surface area contributed by atoms with E-state index in [2.05, 4.69) is 0 Å². The SMILES string of the molecule is C/C=C/CN(C/C=C/C)S(=O)(=O)c1ccc(C)cc1. The molecule has 3 nitrogen and oxygen atoms in total. The third-order valence-corrected chi connectivity index (χ3v) is 4.59. The molecule has 4 heteroatoms. The first-order valence-electron chi connectivity index (χ1n) is 6.31. The van der Waals surface area contributed by atoms with Crippen LogP contribution in [0.1, 0.15) is 19.4 Å². The molecule has 0 aliphatic carbocycles. The highest BCUT2D eigenvalue weighted by Crippen LogP contribution is 2.16. The van der Waals surface area contributed by atoms with Crippen molar-refractivity contribution in [3.05, 3.63) is 54.1 Å². The molecule has 19 heavy (non-hydrogen) atoms. The Kier molecular flexibility index (Phi) is 5.99. The molecule has 0 saturated heterocycles. The number of sulfonamides is 1. The fourth-order valence-electron chi connectivity index (χ4n) is 1.58. The molecule has 0 bridgehead atoms. The van der Waals surface area contributed by atoms with Crippen LogP contribution in [0.15, 0.2) is 53.5 Å². The molecule has 0 aliphatic rings. The van der Waals surface area contributed by atoms with Crippen LogP contribution >= 0.6 is 0 Å². The quantitative estimate of drug-likeness (QED) is 0.750. The van der Waals surface area contributed by atoms with Crippen molar-refractivity contribution in [2.45, 2.75) is 25.7 Å². The van der Waals surface area contributed by atoms with Gasteiger partial charge in [-0.05, 0) is 32.9 Å². The minimum atomic E-state index is -3.43. The summed E-state index contributed by atoms with van der Waals surface area (Å²) in [6, 6.07) is 6.94. The summed E-state index contributed by atoms with van der Waals surface area (Å²) in [4.78, 5) is 0.340. The lowest BCUT2D eigenvalue weighted by Crippen LogP contribution is -2.31. The summed E-state index contributed by atoms with van der Waals surface area (Å²) < 4.78 is 26.5. The summed E-state index contributed by atoms with van der Waals surface area (Å²) in [5, 5.41) is 0. The molecule has 0 N–H and O–H groups in total. The van der Waals surface area contributed by atoms with Gasteiger partial charge in [-0.1, -0.05) is 42.0 Å². The number of nitrogens with zero attached hydrogens (tertiary/aromatic N) is 1. The van der Waals surface area contributed by atoms with Crippen molar-refractivity contribution in [3.63, 3.8) is 0 Å². The predicted molar refractivity (Wildman–Crippen MR) is 79.6 cm³/mol. The van der Waals surface area contributed by atoms with Gasteiger partial charge in [-0.3, -0.25) is 0 Å². The Labute approximate surface area is 116 Å². The minimum Gasteiger partial charge on any atom is -0.207 e. The van der Waals surface area contributed by atoms with Crippen LogP contribution in [0.2, 0.25) is 0 Å². The van der Waals surface area contributed by atoms with Crippen molar-refractivity contribution in [3.8, 4) is 0 Å². The Balaban J connectivity index is 3.07. The first-order valence-corrected chi connectivity index (χ1v) is 7.75. The molecule has 0 radical (unpaired) electrons. The predicted octanol–water partition coefficient (Wildman–Crippen LogP) is 3.14. The largest absolute Gasteiger partial charge is 0.243 e. The first-order chi connectivity index (χ1) is 9.02. The van der Waals surface area contributed by atoms with E-state index in [1.165, 1.54) is 4.31 Å². The van der Waals surface area contributed by atoms with E-state index in [4.69, 9.17) is 0 Å². The van der Waals surface area contributed by atoms with Gasteiger partial charge in [0.15, 0.2) is 0 Å². The first kappa shape index (κ1) is 15.7. The Morgan fingerprint density at radius 3 is 1.89 bits per heavy atom. The lowest BCUT2D eigenvalue weighted by atomic mass is 10.2. The number of benzene rings is 1. The average Bonchev–Trinajstić information content (AvgIpc) is 2.39. The van der Waals surface area contributed by atoms with E-state index in [1.54, 1.807) is 12.1 Å². The third-order valence-electron chi connectivity index (χ3n) is 2.75. The van der Waals surface area contributed by atoms with Gasteiger partial charge in [-0.25, -0.2) is 8.42 Å². The summed E-state index contributed by atoms with van der Waals surface area (Å²) in [6.45, 7) is 6.47. The lowest BCUT2D eigenvalue weighted by Gasteiger charge is -2.19. The van der Waals surface area contributed by atoms with Gasteiger partial charge in [0.05, 0.1) is 4.90 Å². The standard InChI is InChI=1S/C15H21NO2S/c1-4-6-12-16(13-7-5-2)19(17,18)15-10-8-14(3)9-11-15/h4-11H,12-13H2,1-3H3/b6-4+,7-5+. The van der Waals surface area contributed by atoms with E-state index in [1.807, 2.05) is 57.2 Å². The van der Waals surface area contributed by atoms with Gasteiger partial charge in [-0.2, -0.15) is 4.31 Å². The van der Waals surface area contributed by atoms with Crippen molar-refractivity contribution in [1.29, 1.82) is 0 Å². The maximum atomic E-state index is 12.5. The second kappa shape index (κ2) is 7.26. The molecular formula is C15H21NO2S. The highest BCUT2D eigenvalue weighted by atomic mass is 32.2. The van der Waals surface area contributed by atoms with Crippen molar-refractivity contribution < 1.29 is 8.42 Å². The molecule has 0 unspecified atom stereocenters. The topological polar surface area (TPSA) is 37.4 Å². The molecule has 1 aromatic rings. The fraction of sp³-hybridized carbons (Fsp3) is 0.333. The van der Waals surface area contributed by atoms with Crippen molar-refractivity contribution >= 4 is 10.0 Å². The van der Waals surface area contributed by atoms with E-state index in [-0.39, 0.29) is 0 Å². The lowest BCUT2D eigenvalue weighted by molar-refractivity contribution is 0.473. The molecule has 104 valence electrons. The van der Waals surface area contributed by atoms with Crippen molar-refractivity contribution in [2.75, 3.05) is 13.1 Å². The number of hydrogen-bond acceptors (Lipinski definition) is 2. The smallest absolute Gasteiger partial charge is 0.207 e. The van der Waals surface area contributed by atoms with Gasteiger partial charge in [0.25, 0.3) is 0 Å². The zero-order chi connectivity index (χ0) is 14.3. The van der Waals surface area contributed by atoms with Crippen LogP contribution < -0.4 is 0 Å². The Bertz CT molecular complexity index is 528. The summed E-state index contributed by atoms with van der Waals surface area (Å²) >= 11 is 0. The Morgan fingerprint density at radius 1 is 1.00 bits per heavy atom. The number of allylic oxidation sites excluding steroid dienone is 2. The third kappa shape index (κ3) is 4.33. The number of hydrogen-bond donors (Lipinski definition) is 0. The van der Waals surface area contributed by atoms with E-state index < -0.39 is 10.0 Å². The van der Waals surface area contributed by atoms with Crippen LogP contribution in [0.25, 0.3) is 0 Å². The molecule has 0 fully saturated rings. The van der Waals surface area contributed by atoms with Gasteiger partial charge < -0.3 is 0 Å². The molecule has 1 rings (SSSR count). The summed E-state index contributed by atoms with van der Waals surface area (Å²) in [5.41, 5.74) is 1.05. The Morgan fingerprint density at radius 2 is 1.47 bits per heavy atom. The highest BCUT2D eigenvalue weighted by Gasteiger charge is 2.22.